The zero-order valence-corrected chi connectivity index (χ0v) is 9.33. The highest BCUT2D eigenvalue weighted by Crippen LogP contribution is 2.29. The van der Waals surface area contributed by atoms with Crippen molar-refractivity contribution in [2.45, 2.75) is 19.8 Å². The summed E-state index contributed by atoms with van der Waals surface area (Å²) in [6, 6.07) is 4.19. The van der Waals surface area contributed by atoms with Crippen LogP contribution in [0.3, 0.4) is 0 Å². The van der Waals surface area contributed by atoms with Crippen LogP contribution in [0.2, 0.25) is 0 Å². The second-order valence-corrected chi connectivity index (χ2v) is 4.29. The molecule has 0 bridgehead atoms. The fraction of sp³-hybridized carbons (Fsp3) is 0.214. The maximum Gasteiger partial charge on any atom is 0.137 e. The number of aromatic amines is 1. The third-order valence-corrected chi connectivity index (χ3v) is 3.08. The third-order valence-electron chi connectivity index (χ3n) is 3.08. The van der Waals surface area contributed by atoms with Gasteiger partial charge >= 0.3 is 0 Å². The molecular formula is C14H14N2. The molecule has 16 heavy (non-hydrogen) atoms. The smallest absolute Gasteiger partial charge is 0.137 e. The number of aromatic nitrogens is 2. The number of allylic oxidation sites excluding steroid dienone is 4. The normalized spacial score (nSPS) is 16.1. The van der Waals surface area contributed by atoms with Crippen molar-refractivity contribution >= 4 is 16.6 Å². The second kappa shape index (κ2) is 3.63. The number of hydrogen-bond acceptors (Lipinski definition) is 1. The van der Waals surface area contributed by atoms with Gasteiger partial charge in [0.05, 0.1) is 0 Å². The lowest BCUT2D eigenvalue weighted by Crippen LogP contribution is -1.91. The van der Waals surface area contributed by atoms with Gasteiger partial charge in [-0.15, -0.1) is 0 Å². The molecule has 3 rings (SSSR count). The molecule has 0 fully saturated rings. The van der Waals surface area contributed by atoms with Crippen molar-refractivity contribution in [2.24, 2.45) is 0 Å². The van der Waals surface area contributed by atoms with Gasteiger partial charge in [-0.25, -0.2) is 4.98 Å². The predicted octanol–water partition coefficient (Wildman–Crippen LogP) is 3.69. The van der Waals surface area contributed by atoms with Gasteiger partial charge in [-0.2, -0.15) is 0 Å². The molecule has 2 heteroatoms. The van der Waals surface area contributed by atoms with E-state index in [9.17, 15) is 0 Å². The molecule has 0 atom stereocenters. The summed E-state index contributed by atoms with van der Waals surface area (Å²) in [6.07, 6.45) is 10.7. The summed E-state index contributed by atoms with van der Waals surface area (Å²) in [5.74, 6) is 0. The Morgan fingerprint density at radius 2 is 2.25 bits per heavy atom. The van der Waals surface area contributed by atoms with E-state index >= 15 is 0 Å². The molecule has 1 aliphatic rings. The summed E-state index contributed by atoms with van der Waals surface area (Å²) in [5.41, 5.74) is 5.04. The number of rotatable bonds is 1. The number of nitrogens with one attached hydrogen (secondary N) is 1. The Morgan fingerprint density at radius 1 is 1.31 bits per heavy atom. The van der Waals surface area contributed by atoms with Crippen LogP contribution in [0.4, 0.5) is 0 Å². The van der Waals surface area contributed by atoms with Gasteiger partial charge in [0, 0.05) is 17.8 Å². The molecule has 0 amide bonds. The van der Waals surface area contributed by atoms with Crippen molar-refractivity contribution in [3.05, 3.63) is 47.8 Å². The van der Waals surface area contributed by atoms with E-state index in [2.05, 4.69) is 41.2 Å². The minimum absolute atomic E-state index is 0.968. The van der Waals surface area contributed by atoms with Crippen molar-refractivity contribution in [2.75, 3.05) is 0 Å². The first kappa shape index (κ1) is 9.40. The van der Waals surface area contributed by atoms with E-state index in [1.54, 1.807) is 0 Å². The fourth-order valence-corrected chi connectivity index (χ4v) is 2.25. The number of hydrogen-bond donors (Lipinski definition) is 1. The van der Waals surface area contributed by atoms with Crippen molar-refractivity contribution in [1.82, 2.24) is 9.97 Å². The number of nitrogens with zero attached hydrogens (tertiary/aromatic N) is 1. The molecule has 0 radical (unpaired) electrons. The number of pyridine rings is 1. The Kier molecular flexibility index (Phi) is 2.13. The van der Waals surface area contributed by atoms with Crippen LogP contribution in [-0.4, -0.2) is 9.97 Å². The largest absolute Gasteiger partial charge is 0.346 e. The van der Waals surface area contributed by atoms with E-state index < -0.39 is 0 Å². The Morgan fingerprint density at radius 3 is 3.12 bits per heavy atom. The van der Waals surface area contributed by atoms with Crippen LogP contribution in [0.15, 0.2) is 42.3 Å². The summed E-state index contributed by atoms with van der Waals surface area (Å²) < 4.78 is 0. The fourth-order valence-electron chi connectivity index (χ4n) is 2.25. The summed E-state index contributed by atoms with van der Waals surface area (Å²) in [4.78, 5) is 7.46. The van der Waals surface area contributed by atoms with Crippen molar-refractivity contribution < 1.29 is 0 Å². The third kappa shape index (κ3) is 1.47. The lowest BCUT2D eigenvalue weighted by atomic mass is 9.94. The first-order valence-corrected chi connectivity index (χ1v) is 5.64. The van der Waals surface area contributed by atoms with Gasteiger partial charge in [0.2, 0.25) is 0 Å². The Hall–Kier alpha value is -1.83. The monoisotopic (exact) mass is 210 g/mol. The molecule has 1 N–H and O–H groups in total. The summed E-state index contributed by atoms with van der Waals surface area (Å²) in [6.45, 7) is 2.20. The average Bonchev–Trinajstić information content (AvgIpc) is 2.76. The molecule has 0 saturated heterocycles. The Bertz CT molecular complexity index is 588. The van der Waals surface area contributed by atoms with Crippen LogP contribution < -0.4 is 0 Å². The van der Waals surface area contributed by atoms with E-state index in [1.165, 1.54) is 28.5 Å². The Labute approximate surface area is 94.7 Å². The van der Waals surface area contributed by atoms with E-state index in [-0.39, 0.29) is 0 Å². The van der Waals surface area contributed by atoms with Crippen LogP contribution in [-0.2, 0) is 0 Å². The van der Waals surface area contributed by atoms with Gasteiger partial charge < -0.3 is 4.98 Å². The molecule has 0 saturated carbocycles. The highest BCUT2D eigenvalue weighted by atomic mass is 14.8. The molecule has 2 aromatic rings. The maximum absolute atomic E-state index is 4.31. The molecule has 80 valence electrons. The van der Waals surface area contributed by atoms with Gasteiger partial charge in [-0.05, 0) is 43.0 Å². The van der Waals surface area contributed by atoms with E-state index in [0.717, 1.165) is 12.1 Å². The van der Waals surface area contributed by atoms with Gasteiger partial charge in [0.15, 0.2) is 0 Å². The molecule has 1 aliphatic carbocycles. The molecule has 0 aliphatic heterocycles. The highest BCUT2D eigenvalue weighted by molar-refractivity contribution is 5.93. The quantitative estimate of drug-likeness (QED) is 0.764. The highest BCUT2D eigenvalue weighted by Gasteiger charge is 2.08. The van der Waals surface area contributed by atoms with Gasteiger partial charge in [-0.1, -0.05) is 17.7 Å². The first-order chi connectivity index (χ1) is 7.84. The molecule has 0 unspecified atom stereocenters. The Balaban J connectivity index is 2.19. The van der Waals surface area contributed by atoms with Gasteiger partial charge in [0.1, 0.15) is 5.65 Å². The van der Waals surface area contributed by atoms with Crippen molar-refractivity contribution in [1.29, 1.82) is 0 Å². The first-order valence-electron chi connectivity index (χ1n) is 5.64. The summed E-state index contributed by atoms with van der Waals surface area (Å²) in [5, 5.41) is 1.21. The SMILES string of the molecule is CC1=CC(c2ccnc3[nH]ccc23)=CCC1. The van der Waals surface area contributed by atoms with Gasteiger partial charge in [0.25, 0.3) is 0 Å². The minimum Gasteiger partial charge on any atom is -0.346 e. The minimum atomic E-state index is 0.968. The van der Waals surface area contributed by atoms with Gasteiger partial charge in [-0.3, -0.25) is 0 Å². The van der Waals surface area contributed by atoms with Crippen molar-refractivity contribution in [3.8, 4) is 0 Å². The van der Waals surface area contributed by atoms with Crippen molar-refractivity contribution in [3.63, 3.8) is 0 Å². The molecule has 0 aromatic carbocycles. The molecular weight excluding hydrogens is 196 g/mol. The lowest BCUT2D eigenvalue weighted by molar-refractivity contribution is 0.966. The lowest BCUT2D eigenvalue weighted by Gasteiger charge is -2.11. The zero-order chi connectivity index (χ0) is 11.0. The van der Waals surface area contributed by atoms with Crippen LogP contribution >= 0.6 is 0 Å². The van der Waals surface area contributed by atoms with E-state index in [1.807, 2.05) is 12.4 Å². The zero-order valence-electron chi connectivity index (χ0n) is 9.33. The number of H-pyrrole nitrogens is 1. The standard InChI is InChI=1S/C14H14N2/c1-10-3-2-4-11(9-10)12-5-7-15-14-13(12)6-8-16-14/h4-9H,2-3H2,1H3,(H,15,16). The van der Waals surface area contributed by atoms with E-state index in [0.29, 0.717) is 0 Å². The average molecular weight is 210 g/mol. The van der Waals surface area contributed by atoms with E-state index in [4.69, 9.17) is 0 Å². The predicted molar refractivity (Wildman–Crippen MR) is 67.1 cm³/mol. The topological polar surface area (TPSA) is 28.7 Å². The molecule has 2 aromatic heterocycles. The van der Waals surface area contributed by atoms with Crippen LogP contribution in [0.1, 0.15) is 25.3 Å². The maximum atomic E-state index is 4.31. The van der Waals surface area contributed by atoms with Crippen LogP contribution in [0.5, 0.6) is 0 Å². The molecule has 2 nitrogen and oxygen atoms in total. The van der Waals surface area contributed by atoms with Crippen LogP contribution in [0.25, 0.3) is 16.6 Å². The molecule has 0 spiro atoms. The van der Waals surface area contributed by atoms with Crippen LogP contribution in [0, 0.1) is 0 Å². The molecule has 2 heterocycles. The number of fused-ring (bicyclic) bond motifs is 1. The second-order valence-electron chi connectivity index (χ2n) is 4.29. The summed E-state index contributed by atoms with van der Waals surface area (Å²) in [7, 11) is 0. The summed E-state index contributed by atoms with van der Waals surface area (Å²) >= 11 is 0.